The van der Waals surface area contributed by atoms with Crippen molar-refractivity contribution in [1.29, 1.82) is 0 Å². The number of esters is 2. The summed E-state index contributed by atoms with van der Waals surface area (Å²) >= 11 is 0. The van der Waals surface area contributed by atoms with Crippen LogP contribution < -0.4 is 0 Å². The van der Waals surface area contributed by atoms with E-state index < -0.39 is 59.0 Å². The van der Waals surface area contributed by atoms with Crippen molar-refractivity contribution in [3.63, 3.8) is 0 Å². The van der Waals surface area contributed by atoms with Crippen molar-refractivity contribution in [3.05, 3.63) is 23.8 Å². The minimum atomic E-state index is -1.61. The summed E-state index contributed by atoms with van der Waals surface area (Å²) in [5.41, 5.74) is -3.02. The maximum absolute atomic E-state index is 15.7. The molecular weight excluding hydrogens is 479 g/mol. The van der Waals surface area contributed by atoms with Gasteiger partial charge in [-0.3, -0.25) is 19.2 Å². The molecule has 1 N–H and O–H groups in total. The summed E-state index contributed by atoms with van der Waals surface area (Å²) in [6.07, 6.45) is 4.57. The van der Waals surface area contributed by atoms with E-state index in [0.29, 0.717) is 18.4 Å². The van der Waals surface area contributed by atoms with Gasteiger partial charge in [-0.25, -0.2) is 4.39 Å². The Labute approximate surface area is 217 Å². The molecule has 0 aromatic carbocycles. The SMILES string of the molecule is CCCCC(=O)O[C@]1(C(=O)COC(C)=O)[C@@H](C)C[C@H]2[C@@H]3C[C@H](F)C4=CC(=O)C=C[C@]4(C)[C@H]3C(O)C[C@@]21C. The molecule has 0 saturated heterocycles. The van der Waals surface area contributed by atoms with Gasteiger partial charge >= 0.3 is 11.9 Å². The van der Waals surface area contributed by atoms with Crippen LogP contribution in [-0.4, -0.2) is 53.1 Å². The van der Waals surface area contributed by atoms with Gasteiger partial charge in [0, 0.05) is 36.0 Å². The number of hydrogen-bond acceptors (Lipinski definition) is 7. The lowest BCUT2D eigenvalue weighted by Crippen LogP contribution is -2.65. The number of aliphatic hydroxyl groups excluding tert-OH is 1. The molecule has 204 valence electrons. The third kappa shape index (κ3) is 4.19. The average molecular weight is 519 g/mol. The van der Waals surface area contributed by atoms with Crippen molar-refractivity contribution in [1.82, 2.24) is 0 Å². The first-order valence-corrected chi connectivity index (χ1v) is 13.5. The average Bonchev–Trinajstić information content (AvgIpc) is 3.04. The third-order valence-electron chi connectivity index (χ3n) is 9.85. The van der Waals surface area contributed by atoms with Gasteiger partial charge in [-0.15, -0.1) is 0 Å². The summed E-state index contributed by atoms with van der Waals surface area (Å²) in [5.74, 6) is -3.17. The van der Waals surface area contributed by atoms with Gasteiger partial charge in [0.1, 0.15) is 6.17 Å². The smallest absolute Gasteiger partial charge is 0.306 e. The molecule has 0 aliphatic heterocycles. The van der Waals surface area contributed by atoms with Crippen LogP contribution in [0.1, 0.15) is 73.1 Å². The highest BCUT2D eigenvalue weighted by molar-refractivity contribution is 6.01. The molecule has 0 bridgehead atoms. The number of ether oxygens (including phenoxy) is 2. The monoisotopic (exact) mass is 518 g/mol. The summed E-state index contributed by atoms with van der Waals surface area (Å²) in [5, 5.41) is 11.7. The first-order chi connectivity index (χ1) is 17.3. The van der Waals surface area contributed by atoms with Crippen LogP contribution in [0.25, 0.3) is 0 Å². The van der Waals surface area contributed by atoms with Crippen LogP contribution in [0.3, 0.4) is 0 Å². The van der Waals surface area contributed by atoms with Gasteiger partial charge in [0.05, 0.1) is 6.10 Å². The van der Waals surface area contributed by atoms with E-state index in [1.54, 1.807) is 6.08 Å². The fourth-order valence-corrected chi connectivity index (χ4v) is 8.35. The van der Waals surface area contributed by atoms with E-state index in [1.807, 2.05) is 27.7 Å². The minimum absolute atomic E-state index is 0.120. The van der Waals surface area contributed by atoms with E-state index in [4.69, 9.17) is 9.47 Å². The maximum atomic E-state index is 15.7. The van der Waals surface area contributed by atoms with Gasteiger partial charge < -0.3 is 14.6 Å². The number of hydrogen-bond donors (Lipinski definition) is 1. The molecule has 4 rings (SSSR count). The lowest BCUT2D eigenvalue weighted by molar-refractivity contribution is -0.207. The quantitative estimate of drug-likeness (QED) is 0.507. The van der Waals surface area contributed by atoms with Crippen LogP contribution in [0.5, 0.6) is 0 Å². The van der Waals surface area contributed by atoms with E-state index in [0.717, 1.165) is 6.42 Å². The molecule has 4 aliphatic rings. The molecule has 3 saturated carbocycles. The number of allylic oxidation sites excluding steroid dienone is 4. The van der Waals surface area contributed by atoms with Gasteiger partial charge in [-0.2, -0.15) is 0 Å². The number of fused-ring (bicyclic) bond motifs is 5. The molecule has 8 heteroatoms. The lowest BCUT2D eigenvalue weighted by Gasteiger charge is -2.60. The highest BCUT2D eigenvalue weighted by Gasteiger charge is 2.73. The van der Waals surface area contributed by atoms with Gasteiger partial charge in [0.25, 0.3) is 0 Å². The van der Waals surface area contributed by atoms with Crippen LogP contribution in [0.4, 0.5) is 4.39 Å². The first kappa shape index (κ1) is 27.7. The lowest BCUT2D eigenvalue weighted by atomic mass is 9.46. The zero-order chi connectivity index (χ0) is 27.3. The fraction of sp³-hybridized carbons (Fsp3) is 0.724. The van der Waals surface area contributed by atoms with Crippen molar-refractivity contribution >= 4 is 23.5 Å². The molecule has 0 amide bonds. The number of ketones is 2. The fourth-order valence-electron chi connectivity index (χ4n) is 8.35. The molecule has 0 aromatic heterocycles. The Kier molecular flexibility index (Phi) is 7.30. The van der Waals surface area contributed by atoms with E-state index in [-0.39, 0.29) is 42.8 Å². The summed E-state index contributed by atoms with van der Waals surface area (Å²) in [7, 11) is 0. The highest BCUT2D eigenvalue weighted by Crippen LogP contribution is 2.69. The van der Waals surface area contributed by atoms with E-state index in [1.165, 1.54) is 19.1 Å². The van der Waals surface area contributed by atoms with Crippen LogP contribution in [0, 0.1) is 34.5 Å². The molecule has 7 nitrogen and oxygen atoms in total. The summed E-state index contributed by atoms with van der Waals surface area (Å²) in [4.78, 5) is 50.4. The Hall–Kier alpha value is -2.35. The molecule has 37 heavy (non-hydrogen) atoms. The molecule has 0 spiro atoms. The first-order valence-electron chi connectivity index (χ1n) is 13.5. The molecule has 0 aromatic rings. The number of carbonyl (C=O) groups excluding carboxylic acids is 4. The van der Waals surface area contributed by atoms with Gasteiger partial charge in [-0.1, -0.05) is 40.2 Å². The van der Waals surface area contributed by atoms with Crippen LogP contribution in [0.2, 0.25) is 0 Å². The molecule has 0 heterocycles. The number of carbonyl (C=O) groups is 4. The molecule has 1 unspecified atom stereocenters. The Balaban J connectivity index is 1.78. The van der Waals surface area contributed by atoms with Crippen molar-refractivity contribution in [2.24, 2.45) is 34.5 Å². The number of unbranched alkanes of at least 4 members (excludes halogenated alkanes) is 1. The second-order valence-electron chi connectivity index (χ2n) is 12.0. The molecule has 0 radical (unpaired) electrons. The zero-order valence-electron chi connectivity index (χ0n) is 22.4. The predicted octanol–water partition coefficient (Wildman–Crippen LogP) is 4.06. The second-order valence-corrected chi connectivity index (χ2v) is 12.0. The Morgan fingerprint density at radius 3 is 2.57 bits per heavy atom. The number of rotatable bonds is 7. The van der Waals surface area contributed by atoms with E-state index in [9.17, 15) is 24.3 Å². The second kappa shape index (κ2) is 9.75. The molecular formula is C29H39FO7. The highest BCUT2D eigenvalue weighted by atomic mass is 19.1. The Bertz CT molecular complexity index is 1050. The standard InChI is InChI=1S/C29H39FO7/c1-6-7-8-25(35)37-29(24(34)15-36-17(3)31)16(2)11-20-19-13-22(30)21-12-18(32)9-10-27(21,4)26(19)23(33)14-28(20,29)5/h9-10,12,16,19-20,22-23,26,33H,6-8,11,13-15H2,1-5H3/t16-,19-,20-,22-,23?,26+,27-,28-,29-/m0/s1. The molecule has 3 fully saturated rings. The molecule has 4 aliphatic carbocycles. The van der Waals surface area contributed by atoms with Crippen molar-refractivity contribution in [2.75, 3.05) is 6.61 Å². The van der Waals surface area contributed by atoms with Crippen LogP contribution in [0.15, 0.2) is 23.8 Å². The number of alkyl halides is 1. The summed E-state index contributed by atoms with van der Waals surface area (Å²) < 4.78 is 26.9. The Morgan fingerprint density at radius 2 is 1.92 bits per heavy atom. The topological polar surface area (TPSA) is 107 Å². The third-order valence-corrected chi connectivity index (χ3v) is 9.85. The van der Waals surface area contributed by atoms with Crippen molar-refractivity contribution < 1.29 is 38.1 Å². The van der Waals surface area contributed by atoms with Crippen LogP contribution in [-0.2, 0) is 28.7 Å². The van der Waals surface area contributed by atoms with Gasteiger partial charge in [0.2, 0.25) is 5.78 Å². The Morgan fingerprint density at radius 1 is 1.22 bits per heavy atom. The largest absolute Gasteiger partial charge is 0.458 e. The van der Waals surface area contributed by atoms with Crippen molar-refractivity contribution in [3.8, 4) is 0 Å². The number of Topliss-reactive ketones (excluding diaryl/α,β-unsaturated/α-hetero) is 1. The maximum Gasteiger partial charge on any atom is 0.306 e. The minimum Gasteiger partial charge on any atom is -0.458 e. The van der Waals surface area contributed by atoms with E-state index in [2.05, 4.69) is 0 Å². The summed E-state index contributed by atoms with van der Waals surface area (Å²) in [6, 6.07) is 0. The summed E-state index contributed by atoms with van der Waals surface area (Å²) in [6.45, 7) is 8.22. The van der Waals surface area contributed by atoms with Crippen LogP contribution >= 0.6 is 0 Å². The number of aliphatic hydroxyl groups is 1. The predicted molar refractivity (Wildman–Crippen MR) is 133 cm³/mol. The zero-order valence-corrected chi connectivity index (χ0v) is 22.4. The number of halogens is 1. The molecule has 9 atom stereocenters. The van der Waals surface area contributed by atoms with Crippen molar-refractivity contribution in [2.45, 2.75) is 91.0 Å². The van der Waals surface area contributed by atoms with E-state index >= 15 is 4.39 Å². The van der Waals surface area contributed by atoms with Gasteiger partial charge in [0.15, 0.2) is 18.0 Å². The normalized spacial score (nSPS) is 42.2. The van der Waals surface area contributed by atoms with Gasteiger partial charge in [-0.05, 0) is 55.2 Å².